The Bertz CT molecular complexity index is 292. The molecule has 0 amide bonds. The number of hydrogen-bond donors (Lipinski definition) is 2. The van der Waals surface area contributed by atoms with Gasteiger partial charge in [0.1, 0.15) is 0 Å². The molecule has 0 saturated carbocycles. The Morgan fingerprint density at radius 1 is 1.50 bits per heavy atom. The molecule has 0 bridgehead atoms. The second-order valence-corrected chi connectivity index (χ2v) is 4.79. The van der Waals surface area contributed by atoms with E-state index in [9.17, 15) is 0 Å². The SMILES string of the molecule is NC1C=CC(CNCc2cccs2)C1. The lowest BCUT2D eigenvalue weighted by Crippen LogP contribution is -2.23. The molecule has 3 heteroatoms. The van der Waals surface area contributed by atoms with E-state index in [1.54, 1.807) is 11.3 Å². The minimum Gasteiger partial charge on any atom is -0.324 e. The molecule has 0 fully saturated rings. The summed E-state index contributed by atoms with van der Waals surface area (Å²) in [6.45, 7) is 2.03. The summed E-state index contributed by atoms with van der Waals surface area (Å²) in [4.78, 5) is 1.40. The first-order valence-electron chi connectivity index (χ1n) is 5.01. The average molecular weight is 208 g/mol. The third-order valence-electron chi connectivity index (χ3n) is 2.49. The van der Waals surface area contributed by atoms with Gasteiger partial charge < -0.3 is 11.1 Å². The minimum absolute atomic E-state index is 0.281. The Hall–Kier alpha value is -0.640. The van der Waals surface area contributed by atoms with Gasteiger partial charge in [-0.25, -0.2) is 0 Å². The van der Waals surface area contributed by atoms with Crippen molar-refractivity contribution in [3.63, 3.8) is 0 Å². The van der Waals surface area contributed by atoms with Crippen LogP contribution in [0.3, 0.4) is 0 Å². The fourth-order valence-corrected chi connectivity index (χ4v) is 2.43. The molecule has 0 spiro atoms. The van der Waals surface area contributed by atoms with Gasteiger partial charge in [0.2, 0.25) is 0 Å². The maximum Gasteiger partial charge on any atom is 0.0299 e. The van der Waals surface area contributed by atoms with Gasteiger partial charge in [-0.2, -0.15) is 0 Å². The number of nitrogens with one attached hydrogen (secondary N) is 1. The standard InChI is InChI=1S/C11H16N2S/c12-10-4-3-9(6-10)7-13-8-11-2-1-5-14-11/h1-5,9-10,13H,6-8,12H2. The maximum absolute atomic E-state index is 5.78. The normalized spacial score (nSPS) is 25.8. The molecule has 0 aliphatic heterocycles. The molecule has 2 unspecified atom stereocenters. The minimum atomic E-state index is 0.281. The molecule has 0 radical (unpaired) electrons. The summed E-state index contributed by atoms with van der Waals surface area (Å²) in [5.74, 6) is 0.630. The molecular formula is C11H16N2S. The Morgan fingerprint density at radius 2 is 2.43 bits per heavy atom. The highest BCUT2D eigenvalue weighted by Crippen LogP contribution is 2.15. The first-order chi connectivity index (χ1) is 6.84. The van der Waals surface area contributed by atoms with Crippen LogP contribution in [-0.2, 0) is 6.54 Å². The number of thiophene rings is 1. The Labute approximate surface area is 88.8 Å². The fraction of sp³-hybridized carbons (Fsp3) is 0.455. The van der Waals surface area contributed by atoms with Gasteiger partial charge >= 0.3 is 0 Å². The van der Waals surface area contributed by atoms with E-state index in [4.69, 9.17) is 5.73 Å². The monoisotopic (exact) mass is 208 g/mol. The molecule has 0 aromatic carbocycles. The zero-order valence-electron chi connectivity index (χ0n) is 8.15. The van der Waals surface area contributed by atoms with Crippen LogP contribution in [0.1, 0.15) is 11.3 Å². The predicted molar refractivity (Wildman–Crippen MR) is 61.2 cm³/mol. The van der Waals surface area contributed by atoms with Crippen molar-refractivity contribution in [2.75, 3.05) is 6.54 Å². The van der Waals surface area contributed by atoms with E-state index < -0.39 is 0 Å². The number of nitrogens with two attached hydrogens (primary N) is 1. The topological polar surface area (TPSA) is 38.0 Å². The fourth-order valence-electron chi connectivity index (χ4n) is 1.75. The Balaban J connectivity index is 1.66. The van der Waals surface area contributed by atoms with Crippen LogP contribution in [0.5, 0.6) is 0 Å². The van der Waals surface area contributed by atoms with E-state index in [0.717, 1.165) is 19.5 Å². The summed E-state index contributed by atoms with van der Waals surface area (Å²) in [6, 6.07) is 4.53. The summed E-state index contributed by atoms with van der Waals surface area (Å²) in [7, 11) is 0. The largest absolute Gasteiger partial charge is 0.324 e. The molecule has 1 aliphatic rings. The zero-order chi connectivity index (χ0) is 9.80. The van der Waals surface area contributed by atoms with Crippen LogP contribution in [0.2, 0.25) is 0 Å². The van der Waals surface area contributed by atoms with Crippen molar-refractivity contribution in [3.8, 4) is 0 Å². The van der Waals surface area contributed by atoms with Crippen LogP contribution in [0.25, 0.3) is 0 Å². The third kappa shape index (κ3) is 2.67. The van der Waals surface area contributed by atoms with E-state index in [1.165, 1.54) is 4.88 Å². The van der Waals surface area contributed by atoms with Gasteiger partial charge in [-0.15, -0.1) is 11.3 Å². The van der Waals surface area contributed by atoms with Crippen molar-refractivity contribution in [1.29, 1.82) is 0 Å². The Morgan fingerprint density at radius 3 is 3.07 bits per heavy atom. The lowest BCUT2D eigenvalue weighted by atomic mass is 10.1. The van der Waals surface area contributed by atoms with E-state index in [0.29, 0.717) is 5.92 Å². The molecule has 1 heterocycles. The molecule has 2 atom stereocenters. The smallest absolute Gasteiger partial charge is 0.0299 e. The van der Waals surface area contributed by atoms with Gasteiger partial charge in [0.05, 0.1) is 0 Å². The van der Waals surface area contributed by atoms with Gasteiger partial charge in [0.25, 0.3) is 0 Å². The highest BCUT2D eigenvalue weighted by Gasteiger charge is 2.14. The van der Waals surface area contributed by atoms with Crippen LogP contribution in [0, 0.1) is 5.92 Å². The van der Waals surface area contributed by atoms with Gasteiger partial charge in [-0.3, -0.25) is 0 Å². The first kappa shape index (κ1) is 9.90. The Kier molecular flexibility index (Phi) is 3.35. The molecular weight excluding hydrogens is 192 g/mol. The van der Waals surface area contributed by atoms with Gasteiger partial charge in [-0.1, -0.05) is 18.2 Å². The molecule has 3 N–H and O–H groups in total. The van der Waals surface area contributed by atoms with E-state index in [-0.39, 0.29) is 6.04 Å². The predicted octanol–water partition coefficient (Wildman–Crippen LogP) is 1.74. The van der Waals surface area contributed by atoms with Crippen molar-refractivity contribution in [1.82, 2.24) is 5.32 Å². The quantitative estimate of drug-likeness (QED) is 0.740. The molecule has 0 saturated heterocycles. The molecule has 2 nitrogen and oxygen atoms in total. The molecule has 14 heavy (non-hydrogen) atoms. The van der Waals surface area contributed by atoms with Crippen molar-refractivity contribution < 1.29 is 0 Å². The highest BCUT2D eigenvalue weighted by atomic mass is 32.1. The van der Waals surface area contributed by atoms with Crippen molar-refractivity contribution in [3.05, 3.63) is 34.5 Å². The van der Waals surface area contributed by atoms with Crippen molar-refractivity contribution in [2.45, 2.75) is 19.0 Å². The van der Waals surface area contributed by atoms with Crippen LogP contribution in [-0.4, -0.2) is 12.6 Å². The molecule has 1 aromatic heterocycles. The summed E-state index contributed by atoms with van der Waals surface area (Å²) in [5.41, 5.74) is 5.78. The number of rotatable bonds is 4. The highest BCUT2D eigenvalue weighted by molar-refractivity contribution is 7.09. The lowest BCUT2D eigenvalue weighted by molar-refractivity contribution is 0.529. The average Bonchev–Trinajstić information content (AvgIpc) is 2.77. The van der Waals surface area contributed by atoms with Crippen molar-refractivity contribution in [2.24, 2.45) is 11.7 Å². The van der Waals surface area contributed by atoms with Gasteiger partial charge in [-0.05, 0) is 23.8 Å². The summed E-state index contributed by atoms with van der Waals surface area (Å²) >= 11 is 1.80. The molecule has 1 aromatic rings. The van der Waals surface area contributed by atoms with E-state index in [2.05, 4.69) is 35.0 Å². The summed E-state index contributed by atoms with van der Waals surface area (Å²) < 4.78 is 0. The van der Waals surface area contributed by atoms with Crippen LogP contribution in [0.4, 0.5) is 0 Å². The number of hydrogen-bond acceptors (Lipinski definition) is 3. The van der Waals surface area contributed by atoms with E-state index >= 15 is 0 Å². The van der Waals surface area contributed by atoms with Crippen LogP contribution >= 0.6 is 11.3 Å². The molecule has 2 rings (SSSR count). The summed E-state index contributed by atoms with van der Waals surface area (Å²) in [6.07, 6.45) is 5.43. The lowest BCUT2D eigenvalue weighted by Gasteiger charge is -2.09. The second kappa shape index (κ2) is 4.73. The second-order valence-electron chi connectivity index (χ2n) is 3.75. The maximum atomic E-state index is 5.78. The zero-order valence-corrected chi connectivity index (χ0v) is 8.96. The molecule has 76 valence electrons. The van der Waals surface area contributed by atoms with Crippen molar-refractivity contribution >= 4 is 11.3 Å². The summed E-state index contributed by atoms with van der Waals surface area (Å²) in [5, 5.41) is 5.57. The van der Waals surface area contributed by atoms with Gasteiger partial charge in [0.15, 0.2) is 0 Å². The van der Waals surface area contributed by atoms with Crippen LogP contribution in [0.15, 0.2) is 29.7 Å². The van der Waals surface area contributed by atoms with Crippen LogP contribution < -0.4 is 11.1 Å². The van der Waals surface area contributed by atoms with Gasteiger partial charge in [0, 0.05) is 24.0 Å². The first-order valence-corrected chi connectivity index (χ1v) is 5.89. The third-order valence-corrected chi connectivity index (χ3v) is 3.37. The molecule has 1 aliphatic carbocycles. The van der Waals surface area contributed by atoms with E-state index in [1.807, 2.05) is 0 Å².